The zero-order valence-electron chi connectivity index (χ0n) is 54.6. The van der Waals surface area contributed by atoms with E-state index in [-0.39, 0.29) is 34.4 Å². The second kappa shape index (κ2) is 28.0. The fraction of sp³-hybridized carbons (Fsp3) is 0.597. The highest BCUT2D eigenvalue weighted by Crippen LogP contribution is 2.36. The third kappa shape index (κ3) is 13.7. The molecule has 29 nitrogen and oxygen atoms in total. The van der Waals surface area contributed by atoms with Crippen LogP contribution in [0.15, 0.2) is 21.3 Å². The lowest BCUT2D eigenvalue weighted by Gasteiger charge is -2.37. The Kier molecular flexibility index (Phi) is 21.5. The number of amides is 10. The Labute approximate surface area is 536 Å². The van der Waals surface area contributed by atoms with Crippen LogP contribution in [-0.4, -0.2) is 231 Å². The SMILES string of the molecule is Cc1c2oc3c(C)ccc(C(=O)N[C@@H]4C(=O)N[C@H](C(C)C)C(=O)N5C(C)CC[C@H]5C(=O)N(C)CC(=O)N(C)[C@@H](C(C)C)C(=O)OC4C)c3nc-2c(C(=O)N[C@@H]2C(=O)N[C@H](C(C)C)C(=O)N3C(C)C(=O)C[C@H]3C(=O)N(C)CC(=O)N(C)[C@@H](C)C(=O)OC2CCl)c(N)c1=O. The molecule has 4 fully saturated rings. The summed E-state index contributed by atoms with van der Waals surface area (Å²) in [4.78, 5) is 212. The molecule has 12 atom stereocenters. The number of esters is 2. The Morgan fingerprint density at radius 1 is 0.674 bits per heavy atom. The van der Waals surface area contributed by atoms with Gasteiger partial charge < -0.3 is 70.3 Å². The number of rotatable bonds is 8. The maximum Gasteiger partial charge on any atom is 0.329 e. The van der Waals surface area contributed by atoms with E-state index in [0.717, 1.165) is 19.6 Å². The highest BCUT2D eigenvalue weighted by atomic mass is 35.5. The lowest BCUT2D eigenvalue weighted by molar-refractivity contribution is -0.163. The monoisotopic (exact) mass is 1300 g/mol. The first-order valence-electron chi connectivity index (χ1n) is 30.5. The molecule has 0 spiro atoms. The molecule has 500 valence electrons. The third-order valence-corrected chi connectivity index (χ3v) is 18.2. The molecule has 0 bridgehead atoms. The number of hydrogen-bond donors (Lipinski definition) is 5. The molecule has 10 amide bonds. The molecular formula is C62H83ClN12O17. The normalized spacial score (nSPS) is 27.5. The Balaban J connectivity index is 1.33. The molecule has 1 aromatic carbocycles. The van der Waals surface area contributed by atoms with Crippen LogP contribution < -0.4 is 32.4 Å². The summed E-state index contributed by atoms with van der Waals surface area (Å²) >= 11 is 6.49. The number of ketones is 1. The number of alkyl halides is 1. The first kappa shape index (κ1) is 70.7. The summed E-state index contributed by atoms with van der Waals surface area (Å²) in [6, 6.07) is -10.7. The highest BCUT2D eigenvalue weighted by Gasteiger charge is 2.50. The molecule has 0 aromatic heterocycles. The highest BCUT2D eigenvalue weighted by molar-refractivity contribution is 6.19. The van der Waals surface area contributed by atoms with Crippen molar-refractivity contribution in [1.29, 1.82) is 0 Å². The van der Waals surface area contributed by atoms with E-state index in [9.17, 15) is 57.5 Å². The van der Waals surface area contributed by atoms with Crippen LogP contribution in [0.3, 0.4) is 0 Å². The summed E-state index contributed by atoms with van der Waals surface area (Å²) in [7, 11) is 5.33. The lowest BCUT2D eigenvalue weighted by Crippen LogP contribution is -2.62. The van der Waals surface area contributed by atoms with Gasteiger partial charge in [-0.2, -0.15) is 0 Å². The number of cyclic esters (lactones) is 2. The smallest absolute Gasteiger partial charge is 0.329 e. The van der Waals surface area contributed by atoms with Crippen LogP contribution in [0.1, 0.15) is 120 Å². The molecule has 5 heterocycles. The zero-order chi connectivity index (χ0) is 68.7. The van der Waals surface area contributed by atoms with Crippen molar-refractivity contribution < 1.29 is 76.2 Å². The Bertz CT molecular complexity index is 3550. The summed E-state index contributed by atoms with van der Waals surface area (Å²) in [6.45, 7) is 17.4. The minimum atomic E-state index is -2.07. The minimum absolute atomic E-state index is 0.115. The van der Waals surface area contributed by atoms with Gasteiger partial charge in [0.2, 0.25) is 52.7 Å². The molecule has 0 radical (unpaired) electrons. The summed E-state index contributed by atoms with van der Waals surface area (Å²) in [6.07, 6.45) is -3.09. The van der Waals surface area contributed by atoms with Gasteiger partial charge in [0.15, 0.2) is 17.1 Å². The van der Waals surface area contributed by atoms with E-state index in [1.807, 2.05) is 0 Å². The third-order valence-electron chi connectivity index (χ3n) is 17.9. The van der Waals surface area contributed by atoms with Gasteiger partial charge in [0, 0.05) is 46.2 Å². The molecule has 6 N–H and O–H groups in total. The van der Waals surface area contributed by atoms with Crippen molar-refractivity contribution in [2.45, 2.75) is 175 Å². The molecule has 6 aliphatic rings. The largest absolute Gasteiger partial charge is 0.458 e. The number of aryl methyl sites for hydroxylation is 1. The molecular weight excluding hydrogens is 1220 g/mol. The number of anilines is 1. The van der Waals surface area contributed by atoms with E-state index in [0.29, 0.717) is 12.0 Å². The Hall–Kier alpha value is -8.76. The number of carbonyl (C=O) groups is 13. The van der Waals surface area contributed by atoms with Gasteiger partial charge in [0.1, 0.15) is 71.8 Å². The van der Waals surface area contributed by atoms with Crippen molar-refractivity contribution in [3.63, 3.8) is 0 Å². The van der Waals surface area contributed by atoms with E-state index in [2.05, 4.69) is 21.3 Å². The second-order valence-electron chi connectivity index (χ2n) is 25.4. The number of ether oxygens (including phenoxy) is 2. The zero-order valence-corrected chi connectivity index (χ0v) is 55.3. The second-order valence-corrected chi connectivity index (χ2v) is 25.7. The number of fused-ring (bicyclic) bond motifs is 4. The number of nitrogen functional groups attached to an aromatic ring is 1. The van der Waals surface area contributed by atoms with Crippen LogP contribution in [0.4, 0.5) is 5.69 Å². The minimum Gasteiger partial charge on any atom is -0.458 e. The molecule has 7 rings (SSSR count). The van der Waals surface area contributed by atoms with Crippen molar-refractivity contribution in [3.05, 3.63) is 44.6 Å². The van der Waals surface area contributed by atoms with Gasteiger partial charge in [-0.3, -0.25) is 57.5 Å². The van der Waals surface area contributed by atoms with Crippen LogP contribution in [0.5, 0.6) is 0 Å². The van der Waals surface area contributed by atoms with E-state index < -0.39 is 215 Å². The van der Waals surface area contributed by atoms with Crippen LogP contribution >= 0.6 is 11.6 Å². The predicted octanol–water partition coefficient (Wildman–Crippen LogP) is 0.264. The predicted molar refractivity (Wildman–Crippen MR) is 331 cm³/mol. The van der Waals surface area contributed by atoms with Gasteiger partial charge in [0.05, 0.1) is 41.8 Å². The number of hydrogen-bond acceptors (Lipinski definition) is 19. The van der Waals surface area contributed by atoms with Crippen molar-refractivity contribution in [2.75, 3.05) is 52.9 Å². The van der Waals surface area contributed by atoms with E-state index in [1.165, 1.54) is 77.8 Å². The van der Waals surface area contributed by atoms with Crippen LogP contribution in [-0.2, 0) is 62.2 Å². The number of halogens is 1. The molecule has 30 heteroatoms. The van der Waals surface area contributed by atoms with Gasteiger partial charge in [-0.1, -0.05) is 47.6 Å². The summed E-state index contributed by atoms with van der Waals surface area (Å²) < 4.78 is 18.1. The number of nitrogens with zero attached hydrogens (tertiary/aromatic N) is 7. The van der Waals surface area contributed by atoms with Crippen LogP contribution in [0.25, 0.3) is 22.6 Å². The fourth-order valence-electron chi connectivity index (χ4n) is 12.1. The van der Waals surface area contributed by atoms with Crippen molar-refractivity contribution in [1.82, 2.24) is 55.7 Å². The number of nitrogens with two attached hydrogens (primary N) is 1. The first-order valence-corrected chi connectivity index (χ1v) is 31.0. The Morgan fingerprint density at radius 3 is 1.78 bits per heavy atom. The number of benzene rings is 2. The lowest BCUT2D eigenvalue weighted by atomic mass is 9.98. The molecule has 1 aliphatic carbocycles. The van der Waals surface area contributed by atoms with E-state index in [1.54, 1.807) is 55.4 Å². The maximum atomic E-state index is 15.2. The quantitative estimate of drug-likeness (QED) is 0.0874. The maximum absolute atomic E-state index is 15.2. The van der Waals surface area contributed by atoms with E-state index in [4.69, 9.17) is 36.2 Å². The molecule has 1 aromatic rings. The molecule has 4 saturated heterocycles. The van der Waals surface area contributed by atoms with Crippen molar-refractivity contribution >= 4 is 105 Å². The van der Waals surface area contributed by atoms with Gasteiger partial charge >= 0.3 is 11.9 Å². The molecule has 5 aliphatic heterocycles. The average molecular weight is 1300 g/mol. The molecule has 4 unspecified atom stereocenters. The number of Topliss-reactive ketones (excluding diaryl/α,β-unsaturated/α-hetero) is 1. The number of carbonyl (C=O) groups excluding carboxylic acids is 13. The van der Waals surface area contributed by atoms with Crippen LogP contribution in [0.2, 0.25) is 0 Å². The first-order chi connectivity index (χ1) is 43.0. The molecule has 0 saturated carbocycles. The number of nitrogens with one attached hydrogen (secondary N) is 4. The number of aromatic nitrogens is 1. The van der Waals surface area contributed by atoms with Gasteiger partial charge in [0.25, 0.3) is 11.8 Å². The topological polar surface area (TPSA) is 377 Å². The summed E-state index contributed by atoms with van der Waals surface area (Å²) in [5.41, 5.74) is 3.09. The van der Waals surface area contributed by atoms with Gasteiger partial charge in [-0.15, -0.1) is 11.6 Å². The van der Waals surface area contributed by atoms with Gasteiger partial charge in [-0.05, 0) is 83.8 Å². The summed E-state index contributed by atoms with van der Waals surface area (Å²) in [5.74, 6) is -14.4. The van der Waals surface area contributed by atoms with Gasteiger partial charge in [-0.25, -0.2) is 14.6 Å². The standard InChI is InChI=1S/C62H83ClN12O17/c1-25(2)43-59(86)74-29(8)18-20-35(74)57(84)70(13)24-40(78)73(16)49(27(5)6)62(89)90-33(12)45(55(82)66-43)68-53(80)34-19-17-28(7)51-46(34)65-48-41(42(64)50(79)30(9)52(48)92-51)54(81)69-47-38(22-63)91-61(88)32(11)72(15)39(77)23-71(14)58(85)36-21-37(76)31(10)75(36)60(87)44(26(3)4)67-56(47)83/h17,19,25-27,29,31-33,35-36,38,43-45,47,49H,18,20-24,64H2,1-16H3,(H,66,82)(H,67,83)(H,68,80)(H,69,81)/t29?,31?,32-,33?,35-,36-,38?,43+,44+,45-,47-,49-/m0/s1. The van der Waals surface area contributed by atoms with Crippen molar-refractivity contribution in [3.8, 4) is 11.5 Å². The fourth-order valence-corrected chi connectivity index (χ4v) is 12.3. The summed E-state index contributed by atoms with van der Waals surface area (Å²) in [5, 5.41) is 10.4. The van der Waals surface area contributed by atoms with E-state index >= 15 is 9.59 Å². The Morgan fingerprint density at radius 2 is 1.22 bits per heavy atom. The molecule has 92 heavy (non-hydrogen) atoms. The average Bonchev–Trinajstić information content (AvgIpc) is 0.867. The number of likely N-dealkylation sites (N-methyl/N-ethyl adjacent to an activating group) is 4. The van der Waals surface area contributed by atoms with Crippen LogP contribution in [0, 0.1) is 31.6 Å². The van der Waals surface area contributed by atoms with Crippen molar-refractivity contribution in [2.24, 2.45) is 17.8 Å².